The van der Waals surface area contributed by atoms with E-state index in [1.807, 2.05) is 31.2 Å². The Morgan fingerprint density at radius 1 is 1.25 bits per heavy atom. The first kappa shape index (κ1) is 19.6. The van der Waals surface area contributed by atoms with Crippen molar-refractivity contribution in [3.63, 3.8) is 0 Å². The van der Waals surface area contributed by atoms with Gasteiger partial charge >= 0.3 is 0 Å². The van der Waals surface area contributed by atoms with E-state index < -0.39 is 0 Å². The van der Waals surface area contributed by atoms with E-state index in [9.17, 15) is 4.39 Å². The van der Waals surface area contributed by atoms with Gasteiger partial charge in [-0.05, 0) is 42.3 Å². The summed E-state index contributed by atoms with van der Waals surface area (Å²) < 4.78 is 13.3. The minimum Gasteiger partial charge on any atom is -0.313 e. The van der Waals surface area contributed by atoms with Crippen molar-refractivity contribution < 1.29 is 9.18 Å². The number of carbonyl (C=O) groups is 1. The zero-order valence-electron chi connectivity index (χ0n) is 13.5. The fourth-order valence-corrected chi connectivity index (χ4v) is 2.19. The van der Waals surface area contributed by atoms with Crippen molar-refractivity contribution in [2.24, 2.45) is 11.7 Å². The lowest BCUT2D eigenvalue weighted by molar-refractivity contribution is -0.109. The summed E-state index contributed by atoms with van der Waals surface area (Å²) in [5.41, 5.74) is 5.18. The number of nitrogens with zero attached hydrogens (tertiary/aromatic N) is 1. The van der Waals surface area contributed by atoms with Gasteiger partial charge in [0.15, 0.2) is 0 Å². The molecule has 2 aromatic rings. The molecule has 0 aliphatic heterocycles. The van der Waals surface area contributed by atoms with Crippen LogP contribution in [0, 0.1) is 12.7 Å². The molecule has 0 aliphatic carbocycles. The molecule has 5 N–H and O–H groups in total. The Hall–Kier alpha value is -2.41. The summed E-state index contributed by atoms with van der Waals surface area (Å²) >= 11 is 6.20. The monoisotopic (exact) mass is 350 g/mol. The molecular formula is C17H20ClFN4O. The highest BCUT2D eigenvalue weighted by Gasteiger charge is 2.06. The van der Waals surface area contributed by atoms with Crippen LogP contribution in [0.4, 0.5) is 10.1 Å². The third-order valence-corrected chi connectivity index (χ3v) is 3.48. The molecule has 5 nitrogen and oxygen atoms in total. The van der Waals surface area contributed by atoms with E-state index in [0.717, 1.165) is 22.4 Å². The lowest BCUT2D eigenvalue weighted by atomic mass is 10.1. The summed E-state index contributed by atoms with van der Waals surface area (Å²) in [5.74, 6) is 9.94. The second-order valence-corrected chi connectivity index (χ2v) is 5.31. The lowest BCUT2D eigenvalue weighted by Crippen LogP contribution is -2.25. The fourth-order valence-electron chi connectivity index (χ4n) is 1.96. The van der Waals surface area contributed by atoms with Crippen LogP contribution in [0.5, 0.6) is 0 Å². The van der Waals surface area contributed by atoms with Gasteiger partial charge in [0.05, 0.1) is 5.69 Å². The van der Waals surface area contributed by atoms with Crippen LogP contribution in [0.2, 0.25) is 5.02 Å². The number of carbonyl (C=O) groups excluding carboxylic acids is 1. The molecule has 0 aromatic heterocycles. The number of benzene rings is 2. The predicted octanol–water partition coefficient (Wildman–Crippen LogP) is 2.87. The zero-order chi connectivity index (χ0) is 18.1. The minimum absolute atomic E-state index is 0.259. The van der Waals surface area contributed by atoms with Crippen molar-refractivity contribution in [2.75, 3.05) is 12.1 Å². The van der Waals surface area contributed by atoms with E-state index >= 15 is 0 Å². The molecule has 2 rings (SSSR count). The van der Waals surface area contributed by atoms with Gasteiger partial charge in [0.1, 0.15) is 5.82 Å². The maximum atomic E-state index is 13.3. The predicted molar refractivity (Wildman–Crippen MR) is 97.5 cm³/mol. The zero-order valence-corrected chi connectivity index (χ0v) is 14.2. The maximum Gasteiger partial charge on any atom is 0.221 e. The fraction of sp³-hybridized carbons (Fsp3) is 0.118. The van der Waals surface area contributed by atoms with E-state index in [0.29, 0.717) is 11.4 Å². The van der Waals surface area contributed by atoms with Gasteiger partial charge in [-0.25, -0.2) is 16.1 Å². The van der Waals surface area contributed by atoms with Gasteiger partial charge in [0, 0.05) is 17.6 Å². The number of nitrogens with two attached hydrogens (primary N) is 2. The molecule has 24 heavy (non-hydrogen) atoms. The molecule has 0 spiro atoms. The largest absolute Gasteiger partial charge is 0.313 e. The molecule has 0 heterocycles. The number of rotatable bonds is 4. The third-order valence-electron chi connectivity index (χ3n) is 3.15. The molecule has 0 aliphatic rings. The third kappa shape index (κ3) is 5.66. The van der Waals surface area contributed by atoms with Crippen LogP contribution in [-0.4, -0.2) is 13.5 Å². The standard InChI is InChI=1S/C16H16ClFN2.CH4N2O/c1-11-6-8-13(18)10-12(11)7-9-14-15(17)4-3-5-16(14)20(2)19;2-3-1-4/h3-10H,19H2,1-2H3;1H,2H2,(H,3,4)/b9-7+;. The number of anilines is 1. The average molecular weight is 351 g/mol. The normalized spacial score (nSPS) is 10.1. The molecule has 0 radical (unpaired) electrons. The summed E-state index contributed by atoms with van der Waals surface area (Å²) in [5, 5.41) is 2.11. The summed E-state index contributed by atoms with van der Waals surface area (Å²) in [6.07, 6.45) is 4.09. The molecule has 0 bridgehead atoms. The molecule has 0 atom stereocenters. The first-order valence-electron chi connectivity index (χ1n) is 7.01. The van der Waals surface area contributed by atoms with Gasteiger partial charge in [-0.15, -0.1) is 0 Å². The summed E-state index contributed by atoms with van der Waals surface area (Å²) in [7, 11) is 1.75. The Bertz CT molecular complexity index is 720. The molecule has 1 amide bonds. The average Bonchev–Trinajstić information content (AvgIpc) is 2.56. The first-order valence-corrected chi connectivity index (χ1v) is 7.39. The second-order valence-electron chi connectivity index (χ2n) is 4.90. The lowest BCUT2D eigenvalue weighted by Gasteiger charge is -2.16. The summed E-state index contributed by atoms with van der Waals surface area (Å²) in [6, 6.07) is 10.2. The van der Waals surface area contributed by atoms with Gasteiger partial charge in [-0.3, -0.25) is 10.2 Å². The summed E-state index contributed by atoms with van der Waals surface area (Å²) in [6.45, 7) is 1.93. The van der Waals surface area contributed by atoms with E-state index in [-0.39, 0.29) is 5.82 Å². The molecular weight excluding hydrogens is 331 g/mol. The molecule has 128 valence electrons. The van der Waals surface area contributed by atoms with Crippen LogP contribution in [0.15, 0.2) is 36.4 Å². The SMILES string of the molecule is Cc1ccc(F)cc1/C=C/c1c(Cl)cccc1N(C)N.NNC=O. The Morgan fingerprint density at radius 3 is 2.50 bits per heavy atom. The van der Waals surface area contributed by atoms with Crippen molar-refractivity contribution in [3.05, 3.63) is 63.9 Å². The highest BCUT2D eigenvalue weighted by molar-refractivity contribution is 6.32. The van der Waals surface area contributed by atoms with Crippen LogP contribution >= 0.6 is 11.6 Å². The smallest absolute Gasteiger partial charge is 0.221 e. The van der Waals surface area contributed by atoms with Crippen LogP contribution < -0.4 is 22.1 Å². The number of aryl methyl sites for hydroxylation is 1. The van der Waals surface area contributed by atoms with Gasteiger partial charge in [-0.2, -0.15) is 0 Å². The number of hydrazine groups is 2. The Morgan fingerprint density at radius 2 is 1.92 bits per heavy atom. The number of nitrogens with one attached hydrogen (secondary N) is 1. The first-order chi connectivity index (χ1) is 11.4. The van der Waals surface area contributed by atoms with Crippen molar-refractivity contribution in [3.8, 4) is 0 Å². The van der Waals surface area contributed by atoms with Crippen LogP contribution in [0.1, 0.15) is 16.7 Å². The highest BCUT2D eigenvalue weighted by Crippen LogP contribution is 2.28. The molecule has 0 saturated carbocycles. The van der Waals surface area contributed by atoms with Crippen molar-refractivity contribution in [1.29, 1.82) is 0 Å². The highest BCUT2D eigenvalue weighted by atomic mass is 35.5. The number of hydrogen-bond donors (Lipinski definition) is 3. The van der Waals surface area contributed by atoms with Gasteiger partial charge in [0.25, 0.3) is 0 Å². The van der Waals surface area contributed by atoms with E-state index in [1.165, 1.54) is 17.1 Å². The molecule has 0 unspecified atom stereocenters. The number of amides is 1. The Labute approximate surface area is 145 Å². The van der Waals surface area contributed by atoms with Gasteiger partial charge in [0.2, 0.25) is 6.41 Å². The molecule has 2 aromatic carbocycles. The number of hydrogen-bond acceptors (Lipinski definition) is 4. The Balaban J connectivity index is 0.000000648. The van der Waals surface area contributed by atoms with Gasteiger partial charge < -0.3 is 5.01 Å². The van der Waals surface area contributed by atoms with Crippen molar-refractivity contribution in [2.45, 2.75) is 6.92 Å². The van der Waals surface area contributed by atoms with E-state index in [4.69, 9.17) is 22.2 Å². The van der Waals surface area contributed by atoms with Crippen LogP contribution in [-0.2, 0) is 4.79 Å². The molecule has 7 heteroatoms. The Kier molecular flexibility index (Phi) is 7.91. The summed E-state index contributed by atoms with van der Waals surface area (Å²) in [4.78, 5) is 8.94. The molecule has 0 fully saturated rings. The van der Waals surface area contributed by atoms with E-state index in [2.05, 4.69) is 5.84 Å². The number of halogens is 2. The maximum absolute atomic E-state index is 13.3. The van der Waals surface area contributed by atoms with Crippen molar-refractivity contribution >= 4 is 35.9 Å². The van der Waals surface area contributed by atoms with E-state index in [1.54, 1.807) is 24.6 Å². The second kappa shape index (κ2) is 9.67. The quantitative estimate of drug-likeness (QED) is 0.260. The van der Waals surface area contributed by atoms with Crippen LogP contribution in [0.3, 0.4) is 0 Å². The molecule has 0 saturated heterocycles. The topological polar surface area (TPSA) is 84.4 Å². The van der Waals surface area contributed by atoms with Gasteiger partial charge in [-0.1, -0.05) is 35.9 Å². The van der Waals surface area contributed by atoms with Crippen LogP contribution in [0.25, 0.3) is 12.2 Å². The van der Waals surface area contributed by atoms with Crippen molar-refractivity contribution in [1.82, 2.24) is 5.43 Å². The minimum atomic E-state index is -0.259.